The lowest BCUT2D eigenvalue weighted by Gasteiger charge is -2.09. The minimum atomic E-state index is 0. The topological polar surface area (TPSA) is 81.5 Å². The lowest BCUT2D eigenvalue weighted by molar-refractivity contribution is 0.414. The molecule has 2 aromatic rings. The van der Waals surface area contributed by atoms with Crippen molar-refractivity contribution in [2.24, 2.45) is 11.5 Å². The molecule has 0 saturated heterocycles. The Kier molecular flexibility index (Phi) is 11.1. The minimum absolute atomic E-state index is 0. The zero-order chi connectivity index (χ0) is 17.2. The summed E-state index contributed by atoms with van der Waals surface area (Å²) in [7, 11) is 1.67. The van der Waals surface area contributed by atoms with Crippen LogP contribution in [0, 0.1) is 0 Å². The van der Waals surface area contributed by atoms with Gasteiger partial charge in [-0.15, -0.1) is 17.0 Å². The molecular weight excluding hydrogens is 368 g/mol. The quantitative estimate of drug-likeness (QED) is 0.717. The van der Waals surface area contributed by atoms with Crippen LogP contribution in [-0.2, 0) is 0 Å². The molecule has 0 heterocycles. The number of hydrogen-bond donors (Lipinski definition) is 3. The average molecular weight is 397 g/mol. The lowest BCUT2D eigenvalue weighted by Crippen LogP contribution is -2.08. The highest BCUT2D eigenvalue weighted by molar-refractivity contribution is 8.93. The summed E-state index contributed by atoms with van der Waals surface area (Å²) in [6.45, 7) is 5.43. The predicted octanol–water partition coefficient (Wildman–Crippen LogP) is 3.79. The maximum Gasteiger partial charge on any atom is 0.119 e. The summed E-state index contributed by atoms with van der Waals surface area (Å²) in [4.78, 5) is 0. The molecule has 2 unspecified atom stereocenters. The largest absolute Gasteiger partial charge is 0.508 e. The van der Waals surface area contributed by atoms with Gasteiger partial charge in [-0.1, -0.05) is 38.1 Å². The third kappa shape index (κ3) is 7.34. The Balaban J connectivity index is 0.000000425. The van der Waals surface area contributed by atoms with Crippen LogP contribution in [0.3, 0.4) is 0 Å². The van der Waals surface area contributed by atoms with E-state index in [0.29, 0.717) is 30.7 Å². The van der Waals surface area contributed by atoms with Crippen LogP contribution >= 0.6 is 17.0 Å². The van der Waals surface area contributed by atoms with Crippen molar-refractivity contribution in [3.05, 3.63) is 59.7 Å². The molecule has 0 radical (unpaired) electrons. The molecule has 0 aliphatic carbocycles. The SMILES string of the molecule is Br.CC(CN)c1cccc(O)c1.COc1cccc(C(C)CN)c1. The number of aromatic hydroxyl groups is 1. The van der Waals surface area contributed by atoms with Gasteiger partial charge in [-0.3, -0.25) is 0 Å². The Morgan fingerprint density at radius 3 is 1.88 bits per heavy atom. The van der Waals surface area contributed by atoms with Crippen molar-refractivity contribution in [2.45, 2.75) is 25.7 Å². The average Bonchev–Trinajstić information content (AvgIpc) is 2.60. The second kappa shape index (κ2) is 11.9. The van der Waals surface area contributed by atoms with Gasteiger partial charge in [-0.05, 0) is 60.3 Å². The van der Waals surface area contributed by atoms with Crippen molar-refractivity contribution in [1.82, 2.24) is 0 Å². The number of benzene rings is 2. The molecular formula is C19H29BrN2O2. The van der Waals surface area contributed by atoms with Crippen molar-refractivity contribution in [3.63, 3.8) is 0 Å². The van der Waals surface area contributed by atoms with E-state index in [1.54, 1.807) is 19.2 Å². The van der Waals surface area contributed by atoms with Crippen LogP contribution in [-0.4, -0.2) is 25.3 Å². The third-order valence-corrected chi connectivity index (χ3v) is 3.81. The van der Waals surface area contributed by atoms with E-state index in [1.165, 1.54) is 5.56 Å². The summed E-state index contributed by atoms with van der Waals surface area (Å²) in [6, 6.07) is 15.2. The van der Waals surface area contributed by atoms with Crippen LogP contribution in [0.5, 0.6) is 11.5 Å². The Labute approximate surface area is 155 Å². The van der Waals surface area contributed by atoms with Crippen molar-refractivity contribution >= 4 is 17.0 Å². The first-order valence-corrected chi connectivity index (χ1v) is 7.84. The molecule has 0 fully saturated rings. The Bertz CT molecular complexity index is 593. The summed E-state index contributed by atoms with van der Waals surface area (Å²) in [5.41, 5.74) is 13.4. The maximum absolute atomic E-state index is 9.12. The van der Waals surface area contributed by atoms with Crippen molar-refractivity contribution < 1.29 is 9.84 Å². The fraction of sp³-hybridized carbons (Fsp3) is 0.368. The molecule has 5 heteroatoms. The number of rotatable bonds is 5. The van der Waals surface area contributed by atoms with Crippen LogP contribution < -0.4 is 16.2 Å². The van der Waals surface area contributed by atoms with Gasteiger partial charge in [0.2, 0.25) is 0 Å². The molecule has 134 valence electrons. The molecule has 0 saturated carbocycles. The molecule has 0 amide bonds. The Morgan fingerprint density at radius 2 is 1.42 bits per heavy atom. The predicted molar refractivity (Wildman–Crippen MR) is 106 cm³/mol. The Morgan fingerprint density at radius 1 is 0.917 bits per heavy atom. The molecule has 0 spiro atoms. The van der Waals surface area contributed by atoms with E-state index in [0.717, 1.165) is 11.3 Å². The number of methoxy groups -OCH3 is 1. The molecule has 0 aliphatic rings. The zero-order valence-electron chi connectivity index (χ0n) is 14.6. The highest BCUT2D eigenvalue weighted by Crippen LogP contribution is 2.19. The fourth-order valence-electron chi connectivity index (χ4n) is 2.05. The minimum Gasteiger partial charge on any atom is -0.508 e. The molecule has 2 aromatic carbocycles. The Hall–Kier alpha value is -1.56. The number of ether oxygens (including phenoxy) is 1. The van der Waals surface area contributed by atoms with Crippen molar-refractivity contribution in [2.75, 3.05) is 20.2 Å². The van der Waals surface area contributed by atoms with Crippen LogP contribution in [0.1, 0.15) is 36.8 Å². The van der Waals surface area contributed by atoms with Gasteiger partial charge in [0.25, 0.3) is 0 Å². The van der Waals surface area contributed by atoms with E-state index in [1.807, 2.05) is 37.3 Å². The van der Waals surface area contributed by atoms with Gasteiger partial charge in [0.05, 0.1) is 7.11 Å². The lowest BCUT2D eigenvalue weighted by atomic mass is 10.0. The maximum atomic E-state index is 9.12. The molecule has 0 aliphatic heterocycles. The van der Waals surface area contributed by atoms with Gasteiger partial charge in [0.1, 0.15) is 11.5 Å². The number of halogens is 1. The number of phenolic OH excluding ortho intramolecular Hbond substituents is 1. The van der Waals surface area contributed by atoms with E-state index >= 15 is 0 Å². The van der Waals surface area contributed by atoms with Crippen LogP contribution in [0.2, 0.25) is 0 Å². The van der Waals surface area contributed by atoms with E-state index in [4.69, 9.17) is 21.3 Å². The highest BCUT2D eigenvalue weighted by Gasteiger charge is 2.03. The van der Waals surface area contributed by atoms with Gasteiger partial charge >= 0.3 is 0 Å². The van der Waals surface area contributed by atoms with Crippen LogP contribution in [0.15, 0.2) is 48.5 Å². The van der Waals surface area contributed by atoms with Gasteiger partial charge in [-0.2, -0.15) is 0 Å². The molecule has 5 N–H and O–H groups in total. The van der Waals surface area contributed by atoms with Crippen molar-refractivity contribution in [3.8, 4) is 11.5 Å². The first kappa shape index (κ1) is 22.4. The second-order valence-corrected chi connectivity index (χ2v) is 5.65. The van der Waals surface area contributed by atoms with Gasteiger partial charge in [0, 0.05) is 0 Å². The summed E-state index contributed by atoms with van der Waals surface area (Å²) in [5.74, 6) is 1.93. The molecule has 0 bridgehead atoms. The fourth-order valence-corrected chi connectivity index (χ4v) is 2.05. The molecule has 2 atom stereocenters. The third-order valence-electron chi connectivity index (χ3n) is 3.81. The number of hydrogen-bond acceptors (Lipinski definition) is 4. The molecule has 24 heavy (non-hydrogen) atoms. The standard InChI is InChI=1S/C10H15NO.C9H13NO.BrH/c1-8(7-11)9-4-3-5-10(6-9)12-2;1-7(6-10)8-3-2-4-9(11)5-8;/h3-6,8H,7,11H2,1-2H3;2-5,7,11H,6,10H2,1H3;1H. The number of nitrogens with two attached hydrogens (primary N) is 2. The molecule has 4 nitrogen and oxygen atoms in total. The molecule has 0 aromatic heterocycles. The van der Waals surface area contributed by atoms with E-state index in [9.17, 15) is 0 Å². The van der Waals surface area contributed by atoms with Crippen molar-refractivity contribution in [1.29, 1.82) is 0 Å². The second-order valence-electron chi connectivity index (χ2n) is 5.65. The monoisotopic (exact) mass is 396 g/mol. The van der Waals surface area contributed by atoms with Gasteiger partial charge in [0.15, 0.2) is 0 Å². The summed E-state index contributed by atoms with van der Waals surface area (Å²) < 4.78 is 5.11. The zero-order valence-corrected chi connectivity index (χ0v) is 16.3. The summed E-state index contributed by atoms with van der Waals surface area (Å²) in [5, 5.41) is 9.12. The molecule has 2 rings (SSSR count). The van der Waals surface area contributed by atoms with Crippen LogP contribution in [0.4, 0.5) is 0 Å². The highest BCUT2D eigenvalue weighted by atomic mass is 79.9. The van der Waals surface area contributed by atoms with E-state index < -0.39 is 0 Å². The normalized spacial score (nSPS) is 12.2. The number of phenols is 1. The van der Waals surface area contributed by atoms with Gasteiger partial charge < -0.3 is 21.3 Å². The smallest absolute Gasteiger partial charge is 0.119 e. The van der Waals surface area contributed by atoms with Gasteiger partial charge in [-0.25, -0.2) is 0 Å². The van der Waals surface area contributed by atoms with E-state index in [2.05, 4.69) is 13.0 Å². The first-order valence-electron chi connectivity index (χ1n) is 7.84. The first-order chi connectivity index (χ1) is 11.0. The summed E-state index contributed by atoms with van der Waals surface area (Å²) >= 11 is 0. The summed E-state index contributed by atoms with van der Waals surface area (Å²) in [6.07, 6.45) is 0. The van der Waals surface area contributed by atoms with Crippen LogP contribution in [0.25, 0.3) is 0 Å². The van der Waals surface area contributed by atoms with E-state index in [-0.39, 0.29) is 17.0 Å².